The molecule has 10 atom stereocenters. The summed E-state index contributed by atoms with van der Waals surface area (Å²) in [5.74, 6) is -9.92. The fourth-order valence-corrected chi connectivity index (χ4v) is 5.55. The second-order valence-electron chi connectivity index (χ2n) is 18.3. The number of hydrogen-bond donors (Lipinski definition) is 0. The van der Waals surface area contributed by atoms with Gasteiger partial charge < -0.3 is 52.1 Å². The molecule has 0 N–H and O–H groups in total. The first-order valence-corrected chi connectivity index (χ1v) is 21.7. The highest BCUT2D eigenvalue weighted by Crippen LogP contribution is 2.37. The molecular formula is C44H72O18. The number of carbonyl (C=O) groups is 7. The van der Waals surface area contributed by atoms with Gasteiger partial charge in [0.2, 0.25) is 12.6 Å². The third-order valence-corrected chi connectivity index (χ3v) is 9.39. The van der Waals surface area contributed by atoms with Crippen molar-refractivity contribution in [3.63, 3.8) is 0 Å². The number of esters is 7. The summed E-state index contributed by atoms with van der Waals surface area (Å²) in [5.41, 5.74) is 0. The summed E-state index contributed by atoms with van der Waals surface area (Å²) < 4.78 is 66.8. The van der Waals surface area contributed by atoms with Crippen LogP contribution in [0.15, 0.2) is 0 Å². The van der Waals surface area contributed by atoms with Crippen molar-refractivity contribution < 1.29 is 85.7 Å². The van der Waals surface area contributed by atoms with Crippen LogP contribution >= 0.6 is 0 Å². The van der Waals surface area contributed by atoms with Gasteiger partial charge in [-0.15, -0.1) is 0 Å². The zero-order valence-electron chi connectivity index (χ0n) is 39.4. The lowest BCUT2D eigenvalue weighted by molar-refractivity contribution is -0.379. The van der Waals surface area contributed by atoms with Crippen LogP contribution in [0.2, 0.25) is 0 Å². The number of rotatable bonds is 21. The van der Waals surface area contributed by atoms with E-state index in [1.807, 2.05) is 13.8 Å². The third kappa shape index (κ3) is 16.0. The molecule has 0 bridgehead atoms. The van der Waals surface area contributed by atoms with Gasteiger partial charge in [0.15, 0.2) is 36.6 Å². The summed E-state index contributed by atoms with van der Waals surface area (Å²) in [6.07, 6.45) is -15.8. The molecule has 356 valence electrons. The van der Waals surface area contributed by atoms with Crippen LogP contribution in [0.3, 0.4) is 0 Å². The van der Waals surface area contributed by atoms with E-state index in [0.29, 0.717) is 0 Å². The Kier molecular flexibility index (Phi) is 21.7. The average Bonchev–Trinajstić information content (AvgIpc) is 3.17. The smallest absolute Gasteiger partial charge is 0.308 e. The Bertz CT molecular complexity index is 1500. The van der Waals surface area contributed by atoms with Crippen LogP contribution in [-0.4, -0.2) is 123 Å². The highest BCUT2D eigenvalue weighted by Gasteiger charge is 2.58. The summed E-state index contributed by atoms with van der Waals surface area (Å²) >= 11 is 0. The van der Waals surface area contributed by atoms with Crippen molar-refractivity contribution in [2.24, 2.45) is 47.3 Å². The second-order valence-corrected chi connectivity index (χ2v) is 18.3. The maximum absolute atomic E-state index is 13.5. The van der Waals surface area contributed by atoms with Crippen LogP contribution in [0.25, 0.3) is 0 Å². The van der Waals surface area contributed by atoms with Crippen molar-refractivity contribution in [3.8, 4) is 0 Å². The standard InChI is InChI=1S/C44H72O18/c1-20(2)17-52-18-28-30(56-37(46)22(5)6)32(58-39(48)24(9)10)34(60-41(50)26(13)14)43(54-28)62-44-35(61-42(51)27(15)16)33(59-40(49)25(11)12)31(57-38(47)23(7)8)29(55-44)19-53-36(45)21(3)4/h20-35,43-44H,17-19H2,1-16H3/t28?,29?,30-,31+,32?,33?,34?,35?,43-,44+/m0/s1. The zero-order chi connectivity index (χ0) is 47.3. The van der Waals surface area contributed by atoms with Crippen LogP contribution in [0.4, 0.5) is 0 Å². The molecule has 0 aromatic carbocycles. The molecule has 2 rings (SSSR count). The molecule has 2 aliphatic rings. The lowest BCUT2D eigenvalue weighted by atomic mass is 9.96. The minimum atomic E-state index is -1.82. The minimum absolute atomic E-state index is 0.0635. The predicted molar refractivity (Wildman–Crippen MR) is 218 cm³/mol. The number of hydrogen-bond acceptors (Lipinski definition) is 18. The van der Waals surface area contributed by atoms with Crippen molar-refractivity contribution in [1.29, 1.82) is 0 Å². The third-order valence-electron chi connectivity index (χ3n) is 9.39. The maximum Gasteiger partial charge on any atom is 0.308 e. The fraction of sp³-hybridized carbons (Fsp3) is 0.841. The Morgan fingerprint density at radius 3 is 0.935 bits per heavy atom. The summed E-state index contributed by atoms with van der Waals surface area (Å²) in [4.78, 5) is 93.2. The van der Waals surface area contributed by atoms with Gasteiger partial charge in [-0.05, 0) is 5.92 Å². The van der Waals surface area contributed by atoms with E-state index >= 15 is 0 Å². The van der Waals surface area contributed by atoms with Gasteiger partial charge in [-0.1, -0.05) is 111 Å². The van der Waals surface area contributed by atoms with Crippen molar-refractivity contribution in [2.75, 3.05) is 19.8 Å². The molecule has 18 nitrogen and oxygen atoms in total. The Morgan fingerprint density at radius 1 is 0.371 bits per heavy atom. The molecule has 2 aliphatic heterocycles. The molecule has 18 heteroatoms. The monoisotopic (exact) mass is 888 g/mol. The SMILES string of the molecule is CC(C)COCC1O[C@@H](O[C@H]2OC(COC(=O)C(C)C)[C@@H](OC(=O)C(C)C)C(OC(=O)C(C)C)C2OC(=O)C(C)C)C(OC(=O)C(C)C)C(OC(=O)C(C)C)[C@H]1OC(=O)C(C)C. The Hall–Kier alpha value is -3.87. The molecule has 0 aromatic heterocycles. The van der Waals surface area contributed by atoms with Gasteiger partial charge in [-0.25, -0.2) is 0 Å². The first-order chi connectivity index (χ1) is 28.8. The molecule has 0 radical (unpaired) electrons. The van der Waals surface area contributed by atoms with E-state index in [4.69, 9.17) is 52.1 Å². The van der Waals surface area contributed by atoms with Crippen LogP contribution in [0.1, 0.15) is 111 Å². The van der Waals surface area contributed by atoms with E-state index in [1.165, 1.54) is 0 Å². The first-order valence-electron chi connectivity index (χ1n) is 21.7. The Labute approximate surface area is 366 Å². The van der Waals surface area contributed by atoms with Crippen molar-refractivity contribution in [1.82, 2.24) is 0 Å². The number of carbonyl (C=O) groups excluding carboxylic acids is 7. The van der Waals surface area contributed by atoms with Gasteiger partial charge in [0.25, 0.3) is 0 Å². The Balaban J connectivity index is 2.97. The molecule has 62 heavy (non-hydrogen) atoms. The molecule has 0 aliphatic carbocycles. The molecule has 2 saturated heterocycles. The summed E-state index contributed by atoms with van der Waals surface area (Å²) in [7, 11) is 0. The molecule has 0 saturated carbocycles. The van der Waals surface area contributed by atoms with Crippen molar-refractivity contribution in [2.45, 2.75) is 172 Å². The lowest BCUT2D eigenvalue weighted by Crippen LogP contribution is -2.67. The van der Waals surface area contributed by atoms with E-state index < -0.39 is 151 Å². The van der Waals surface area contributed by atoms with Gasteiger partial charge >= 0.3 is 41.8 Å². The van der Waals surface area contributed by atoms with Gasteiger partial charge in [-0.2, -0.15) is 0 Å². The fourth-order valence-electron chi connectivity index (χ4n) is 5.55. The maximum atomic E-state index is 13.5. The van der Waals surface area contributed by atoms with Gasteiger partial charge in [-0.3, -0.25) is 33.6 Å². The van der Waals surface area contributed by atoms with Crippen LogP contribution in [-0.2, 0) is 85.7 Å². The van der Waals surface area contributed by atoms with Crippen molar-refractivity contribution in [3.05, 3.63) is 0 Å². The predicted octanol–water partition coefficient (Wildman–Crippen LogP) is 4.73. The highest BCUT2D eigenvalue weighted by molar-refractivity contribution is 5.75. The van der Waals surface area contributed by atoms with E-state index in [2.05, 4.69) is 0 Å². The average molecular weight is 889 g/mol. The van der Waals surface area contributed by atoms with Crippen LogP contribution < -0.4 is 0 Å². The molecule has 2 heterocycles. The van der Waals surface area contributed by atoms with Crippen molar-refractivity contribution >= 4 is 41.8 Å². The molecule has 6 unspecified atom stereocenters. The van der Waals surface area contributed by atoms with Gasteiger partial charge in [0.1, 0.15) is 18.8 Å². The zero-order valence-corrected chi connectivity index (χ0v) is 39.4. The van der Waals surface area contributed by atoms with E-state index in [0.717, 1.165) is 0 Å². The largest absolute Gasteiger partial charge is 0.463 e. The minimum Gasteiger partial charge on any atom is -0.463 e. The molecule has 0 aromatic rings. The van der Waals surface area contributed by atoms with Gasteiger partial charge in [0.05, 0.1) is 48.0 Å². The Morgan fingerprint density at radius 2 is 0.645 bits per heavy atom. The summed E-state index contributed by atoms with van der Waals surface area (Å²) in [5, 5.41) is 0. The van der Waals surface area contributed by atoms with Crippen LogP contribution in [0, 0.1) is 47.3 Å². The van der Waals surface area contributed by atoms with Crippen LogP contribution in [0.5, 0.6) is 0 Å². The van der Waals surface area contributed by atoms with E-state index in [1.54, 1.807) is 96.9 Å². The summed E-state index contributed by atoms with van der Waals surface area (Å²) in [6.45, 7) is 25.4. The second kappa shape index (κ2) is 24.8. The highest BCUT2D eigenvalue weighted by atomic mass is 16.8. The first kappa shape index (κ1) is 54.3. The quantitative estimate of drug-likeness (QED) is 0.112. The summed E-state index contributed by atoms with van der Waals surface area (Å²) in [6, 6.07) is 0. The molecular weight excluding hydrogens is 816 g/mol. The van der Waals surface area contributed by atoms with E-state index in [9.17, 15) is 33.6 Å². The normalized spacial score (nSPS) is 26.6. The van der Waals surface area contributed by atoms with E-state index in [-0.39, 0.29) is 19.1 Å². The topological polar surface area (TPSA) is 221 Å². The number of ether oxygens (including phenoxy) is 11. The molecule has 0 spiro atoms. The van der Waals surface area contributed by atoms with Gasteiger partial charge in [0, 0.05) is 6.61 Å². The molecule has 2 fully saturated rings. The molecule has 0 amide bonds. The lowest BCUT2D eigenvalue weighted by Gasteiger charge is -2.48.